The van der Waals surface area contributed by atoms with Crippen LogP contribution in [0.1, 0.15) is 36.2 Å². The van der Waals surface area contributed by atoms with Gasteiger partial charge < -0.3 is 9.64 Å². The number of hydrogen-bond donors (Lipinski definition) is 0. The maximum absolute atomic E-state index is 12.9. The van der Waals surface area contributed by atoms with Gasteiger partial charge in [0.15, 0.2) is 0 Å². The summed E-state index contributed by atoms with van der Waals surface area (Å²) in [6.45, 7) is 1.33. The molecule has 1 amide bonds. The fourth-order valence-corrected chi connectivity index (χ4v) is 4.89. The maximum atomic E-state index is 12.9. The van der Waals surface area contributed by atoms with Crippen LogP contribution in [0.15, 0.2) is 22.2 Å². The van der Waals surface area contributed by atoms with E-state index in [9.17, 15) is 4.79 Å². The Kier molecular flexibility index (Phi) is 3.98. The molecule has 2 fully saturated rings. The van der Waals surface area contributed by atoms with Gasteiger partial charge in [0.2, 0.25) is 0 Å². The Morgan fingerprint density at radius 1 is 1.32 bits per heavy atom. The molecule has 2 atom stereocenters. The van der Waals surface area contributed by atoms with Gasteiger partial charge in [-0.05, 0) is 24.3 Å². The smallest absolute Gasteiger partial charge is 0.273 e. The summed E-state index contributed by atoms with van der Waals surface area (Å²) in [4.78, 5) is 19.4. The minimum Gasteiger partial charge on any atom is -0.374 e. The Labute approximate surface area is 137 Å². The Balaban J connectivity index is 1.56. The lowest BCUT2D eigenvalue weighted by Crippen LogP contribution is -2.54. The molecule has 22 heavy (non-hydrogen) atoms. The molecule has 4 rings (SSSR count). The van der Waals surface area contributed by atoms with E-state index < -0.39 is 0 Å². The molecule has 116 valence electrons. The first-order valence-corrected chi connectivity index (χ1v) is 9.56. The molecule has 0 unspecified atom stereocenters. The summed E-state index contributed by atoms with van der Waals surface area (Å²) in [7, 11) is 0. The average molecular weight is 334 g/mol. The molecule has 2 aromatic heterocycles. The lowest BCUT2D eigenvalue weighted by molar-refractivity contribution is -0.0754. The van der Waals surface area contributed by atoms with Crippen molar-refractivity contribution in [2.24, 2.45) is 0 Å². The van der Waals surface area contributed by atoms with Crippen LogP contribution >= 0.6 is 22.7 Å². The van der Waals surface area contributed by atoms with Crippen molar-refractivity contribution in [3.05, 3.63) is 27.9 Å². The standard InChI is InChI=1S/C16H18N2O2S2/c19-16(12-10-22-15(17-12)11-5-8-21-9-11)18-6-7-20-14-4-2-1-3-13(14)18/h5,8-10,13-14H,1-4,6-7H2/t13-,14-/m0/s1. The molecule has 2 aliphatic rings. The summed E-state index contributed by atoms with van der Waals surface area (Å²) < 4.78 is 5.85. The van der Waals surface area contributed by atoms with Crippen LogP contribution in [0.2, 0.25) is 0 Å². The third kappa shape index (κ3) is 2.59. The van der Waals surface area contributed by atoms with Crippen LogP contribution in [0.25, 0.3) is 10.6 Å². The number of rotatable bonds is 2. The average Bonchev–Trinajstić information content (AvgIpc) is 3.24. The summed E-state index contributed by atoms with van der Waals surface area (Å²) >= 11 is 3.20. The first-order valence-electron chi connectivity index (χ1n) is 7.73. The van der Waals surface area contributed by atoms with Gasteiger partial charge in [-0.15, -0.1) is 11.3 Å². The van der Waals surface area contributed by atoms with Gasteiger partial charge in [0.05, 0.1) is 18.8 Å². The monoisotopic (exact) mass is 334 g/mol. The summed E-state index contributed by atoms with van der Waals surface area (Å²) in [6, 6.07) is 2.28. The van der Waals surface area contributed by atoms with E-state index in [4.69, 9.17) is 4.74 Å². The van der Waals surface area contributed by atoms with Crippen molar-refractivity contribution in [3.8, 4) is 10.6 Å². The van der Waals surface area contributed by atoms with Crippen molar-refractivity contribution in [1.82, 2.24) is 9.88 Å². The second-order valence-corrected chi connectivity index (χ2v) is 7.45. The van der Waals surface area contributed by atoms with E-state index >= 15 is 0 Å². The van der Waals surface area contributed by atoms with E-state index in [0.717, 1.165) is 23.4 Å². The first kappa shape index (κ1) is 14.4. The molecular weight excluding hydrogens is 316 g/mol. The zero-order valence-electron chi connectivity index (χ0n) is 12.2. The highest BCUT2D eigenvalue weighted by atomic mass is 32.1. The summed E-state index contributed by atoms with van der Waals surface area (Å²) in [5, 5.41) is 6.92. The van der Waals surface area contributed by atoms with Gasteiger partial charge >= 0.3 is 0 Å². The van der Waals surface area contributed by atoms with Crippen LogP contribution in [0, 0.1) is 0 Å². The predicted octanol–water partition coefficient (Wildman–Crippen LogP) is 3.66. The highest BCUT2D eigenvalue weighted by Gasteiger charge is 2.37. The predicted molar refractivity (Wildman–Crippen MR) is 88.5 cm³/mol. The number of thiazole rings is 1. The van der Waals surface area contributed by atoms with Crippen molar-refractivity contribution >= 4 is 28.6 Å². The number of morpholine rings is 1. The van der Waals surface area contributed by atoms with Gasteiger partial charge in [0.1, 0.15) is 10.7 Å². The molecule has 0 bridgehead atoms. The molecule has 1 saturated carbocycles. The number of nitrogens with zero attached hydrogens (tertiary/aromatic N) is 2. The van der Waals surface area contributed by atoms with Crippen molar-refractivity contribution in [3.63, 3.8) is 0 Å². The van der Waals surface area contributed by atoms with E-state index in [-0.39, 0.29) is 18.1 Å². The Morgan fingerprint density at radius 3 is 3.09 bits per heavy atom. The summed E-state index contributed by atoms with van der Waals surface area (Å²) in [5.74, 6) is 0.0675. The number of carbonyl (C=O) groups excluding carboxylic acids is 1. The molecule has 1 saturated heterocycles. The van der Waals surface area contributed by atoms with Crippen LogP contribution < -0.4 is 0 Å². The normalized spacial score (nSPS) is 25.0. The second kappa shape index (κ2) is 6.10. The minimum absolute atomic E-state index is 0.0675. The quantitative estimate of drug-likeness (QED) is 0.842. The molecule has 0 radical (unpaired) electrons. The van der Waals surface area contributed by atoms with Crippen LogP contribution in [0.4, 0.5) is 0 Å². The Bertz CT molecular complexity index is 651. The van der Waals surface area contributed by atoms with E-state index in [1.807, 2.05) is 21.7 Å². The maximum Gasteiger partial charge on any atom is 0.273 e. The van der Waals surface area contributed by atoms with Crippen molar-refractivity contribution in [1.29, 1.82) is 0 Å². The number of aromatic nitrogens is 1. The molecule has 2 aromatic rings. The topological polar surface area (TPSA) is 42.4 Å². The van der Waals surface area contributed by atoms with Crippen molar-refractivity contribution < 1.29 is 9.53 Å². The third-order valence-corrected chi connectivity index (χ3v) is 6.06. The van der Waals surface area contributed by atoms with Gasteiger partial charge in [-0.25, -0.2) is 4.98 Å². The fraction of sp³-hybridized carbons (Fsp3) is 0.500. The molecule has 0 aromatic carbocycles. The van der Waals surface area contributed by atoms with E-state index in [1.165, 1.54) is 12.8 Å². The Morgan fingerprint density at radius 2 is 2.23 bits per heavy atom. The second-order valence-electron chi connectivity index (χ2n) is 5.81. The number of ether oxygens (including phenoxy) is 1. The number of fused-ring (bicyclic) bond motifs is 1. The highest BCUT2D eigenvalue weighted by molar-refractivity contribution is 7.14. The largest absolute Gasteiger partial charge is 0.374 e. The van der Waals surface area contributed by atoms with E-state index in [0.29, 0.717) is 18.8 Å². The number of thiophene rings is 1. The van der Waals surface area contributed by atoms with Crippen LogP contribution in [-0.2, 0) is 4.74 Å². The van der Waals surface area contributed by atoms with Gasteiger partial charge in [0.25, 0.3) is 5.91 Å². The van der Waals surface area contributed by atoms with E-state index in [1.54, 1.807) is 22.7 Å². The molecule has 1 aliphatic carbocycles. The molecule has 1 aliphatic heterocycles. The molecule has 3 heterocycles. The van der Waals surface area contributed by atoms with Gasteiger partial charge in [-0.3, -0.25) is 4.79 Å². The van der Waals surface area contributed by atoms with Crippen molar-refractivity contribution in [2.75, 3.05) is 13.2 Å². The molecule has 6 heteroatoms. The molecular formula is C16H18N2O2S2. The molecule has 0 spiro atoms. The van der Waals surface area contributed by atoms with Crippen LogP contribution in [-0.4, -0.2) is 41.1 Å². The zero-order chi connectivity index (χ0) is 14.9. The Hall–Kier alpha value is -1.24. The van der Waals surface area contributed by atoms with Crippen LogP contribution in [0.5, 0.6) is 0 Å². The van der Waals surface area contributed by atoms with Gasteiger partial charge in [-0.2, -0.15) is 11.3 Å². The number of amides is 1. The lowest BCUT2D eigenvalue weighted by Gasteiger charge is -2.43. The first-order chi connectivity index (χ1) is 10.8. The van der Waals surface area contributed by atoms with Gasteiger partial charge in [-0.1, -0.05) is 12.8 Å². The number of carbonyl (C=O) groups is 1. The summed E-state index contributed by atoms with van der Waals surface area (Å²) in [5.41, 5.74) is 1.68. The summed E-state index contributed by atoms with van der Waals surface area (Å²) in [6.07, 6.45) is 4.75. The molecule has 0 N–H and O–H groups in total. The lowest BCUT2D eigenvalue weighted by atomic mass is 9.90. The van der Waals surface area contributed by atoms with Crippen molar-refractivity contribution in [2.45, 2.75) is 37.8 Å². The minimum atomic E-state index is 0.0675. The highest BCUT2D eigenvalue weighted by Crippen LogP contribution is 2.31. The fourth-order valence-electron chi connectivity index (χ4n) is 3.39. The van der Waals surface area contributed by atoms with Crippen LogP contribution in [0.3, 0.4) is 0 Å². The van der Waals surface area contributed by atoms with Gasteiger partial charge in [0, 0.05) is 22.9 Å². The number of hydrogen-bond acceptors (Lipinski definition) is 5. The zero-order valence-corrected chi connectivity index (χ0v) is 13.9. The third-order valence-electron chi connectivity index (χ3n) is 4.48. The SMILES string of the molecule is O=C(c1csc(-c2ccsc2)n1)N1CCO[C@H]2CCCC[C@@H]21. The van der Waals surface area contributed by atoms with E-state index in [2.05, 4.69) is 10.4 Å². The molecule has 4 nitrogen and oxygen atoms in total.